The van der Waals surface area contributed by atoms with E-state index in [1.807, 2.05) is 37.0 Å². The molecule has 0 fully saturated rings. The highest BCUT2D eigenvalue weighted by Crippen LogP contribution is 2.30. The van der Waals surface area contributed by atoms with Crippen molar-refractivity contribution in [1.29, 1.82) is 0 Å². The summed E-state index contributed by atoms with van der Waals surface area (Å²) in [4.78, 5) is 12.7. The molecule has 0 aliphatic rings. The molecule has 110 valence electrons. The van der Waals surface area contributed by atoms with Gasteiger partial charge in [0.25, 0.3) is 5.56 Å². The molecule has 0 amide bonds. The second kappa shape index (κ2) is 4.58. The highest BCUT2D eigenvalue weighted by molar-refractivity contribution is 7.08. The number of fused-ring (bicyclic) bond motifs is 3. The van der Waals surface area contributed by atoms with E-state index in [0.717, 1.165) is 27.7 Å². The Morgan fingerprint density at radius 3 is 2.55 bits per heavy atom. The van der Waals surface area contributed by atoms with Gasteiger partial charge < -0.3 is 4.57 Å². The predicted octanol–water partition coefficient (Wildman–Crippen LogP) is 4.07. The lowest BCUT2D eigenvalue weighted by Gasteiger charge is -2.07. The third-order valence-corrected chi connectivity index (χ3v) is 5.02. The third-order valence-electron chi connectivity index (χ3n) is 4.34. The molecule has 0 N–H and O–H groups in total. The zero-order valence-electron chi connectivity index (χ0n) is 12.8. The van der Waals surface area contributed by atoms with Crippen molar-refractivity contribution < 1.29 is 0 Å². The zero-order chi connectivity index (χ0) is 15.4. The van der Waals surface area contributed by atoms with E-state index < -0.39 is 0 Å². The molecule has 4 heteroatoms. The van der Waals surface area contributed by atoms with Gasteiger partial charge in [0.05, 0.1) is 5.52 Å². The molecule has 0 saturated heterocycles. The van der Waals surface area contributed by atoms with Gasteiger partial charge in [-0.1, -0.05) is 11.6 Å². The number of hydrogen-bond acceptors (Lipinski definition) is 2. The minimum Gasteiger partial charge on any atom is -0.330 e. The summed E-state index contributed by atoms with van der Waals surface area (Å²) < 4.78 is 3.86. The largest absolute Gasteiger partial charge is 0.330 e. The van der Waals surface area contributed by atoms with E-state index in [1.165, 1.54) is 10.9 Å². The Kier molecular flexibility index (Phi) is 2.78. The molecule has 4 aromatic rings. The van der Waals surface area contributed by atoms with Gasteiger partial charge in [0, 0.05) is 30.4 Å². The SMILES string of the molecule is Cc1ccc2c(c1)c1cc(-c3ccsc3)c(=O)n(C)c1n2C. The molecule has 0 atom stereocenters. The lowest BCUT2D eigenvalue weighted by molar-refractivity contribution is 0.846. The first kappa shape index (κ1) is 13.3. The van der Waals surface area contributed by atoms with Crippen LogP contribution in [-0.4, -0.2) is 9.13 Å². The second-order valence-electron chi connectivity index (χ2n) is 5.75. The van der Waals surface area contributed by atoms with E-state index in [0.29, 0.717) is 0 Å². The summed E-state index contributed by atoms with van der Waals surface area (Å²) in [5.74, 6) is 0. The van der Waals surface area contributed by atoms with Gasteiger partial charge in [-0.25, -0.2) is 0 Å². The fraction of sp³-hybridized carbons (Fsp3) is 0.167. The van der Waals surface area contributed by atoms with Crippen molar-refractivity contribution in [1.82, 2.24) is 9.13 Å². The molecular formula is C18H16N2OS. The van der Waals surface area contributed by atoms with E-state index in [-0.39, 0.29) is 5.56 Å². The molecule has 4 rings (SSSR count). The van der Waals surface area contributed by atoms with Crippen molar-refractivity contribution in [2.45, 2.75) is 6.92 Å². The summed E-state index contributed by atoms with van der Waals surface area (Å²) in [6.45, 7) is 2.10. The molecule has 0 saturated carbocycles. The van der Waals surface area contributed by atoms with Crippen LogP contribution in [0.1, 0.15) is 5.56 Å². The van der Waals surface area contributed by atoms with Gasteiger partial charge in [0.2, 0.25) is 0 Å². The first-order chi connectivity index (χ1) is 10.6. The molecule has 0 bridgehead atoms. The van der Waals surface area contributed by atoms with Crippen LogP contribution in [0.3, 0.4) is 0 Å². The van der Waals surface area contributed by atoms with Gasteiger partial charge in [0.1, 0.15) is 5.65 Å². The number of aromatic nitrogens is 2. The highest BCUT2D eigenvalue weighted by Gasteiger charge is 2.15. The van der Waals surface area contributed by atoms with Crippen LogP contribution in [0.25, 0.3) is 33.1 Å². The van der Waals surface area contributed by atoms with Gasteiger partial charge in [-0.2, -0.15) is 11.3 Å². The van der Waals surface area contributed by atoms with E-state index in [9.17, 15) is 4.79 Å². The summed E-state index contributed by atoms with van der Waals surface area (Å²) in [6, 6.07) is 10.5. The van der Waals surface area contributed by atoms with E-state index >= 15 is 0 Å². The van der Waals surface area contributed by atoms with Crippen molar-refractivity contribution in [2.24, 2.45) is 14.1 Å². The number of pyridine rings is 1. The summed E-state index contributed by atoms with van der Waals surface area (Å²) in [5.41, 5.74) is 5.16. The summed E-state index contributed by atoms with van der Waals surface area (Å²) in [6.07, 6.45) is 0. The predicted molar refractivity (Wildman–Crippen MR) is 93.7 cm³/mol. The lowest BCUT2D eigenvalue weighted by atomic mass is 10.1. The van der Waals surface area contributed by atoms with Crippen molar-refractivity contribution in [3.8, 4) is 11.1 Å². The fourth-order valence-corrected chi connectivity index (χ4v) is 3.88. The molecule has 22 heavy (non-hydrogen) atoms. The van der Waals surface area contributed by atoms with Crippen molar-refractivity contribution >= 4 is 33.3 Å². The minimum atomic E-state index is 0.0496. The normalized spacial score (nSPS) is 11.6. The van der Waals surface area contributed by atoms with Gasteiger partial charge in [-0.3, -0.25) is 9.36 Å². The van der Waals surface area contributed by atoms with Gasteiger partial charge in [0.15, 0.2) is 0 Å². The second-order valence-corrected chi connectivity index (χ2v) is 6.53. The maximum atomic E-state index is 12.7. The number of aryl methyl sites for hydroxylation is 3. The Balaban J connectivity index is 2.24. The fourth-order valence-electron chi connectivity index (χ4n) is 3.23. The number of benzene rings is 1. The van der Waals surface area contributed by atoms with Crippen LogP contribution >= 0.6 is 11.3 Å². The number of rotatable bonds is 1. The molecule has 3 nitrogen and oxygen atoms in total. The molecule has 1 aromatic carbocycles. The number of thiophene rings is 1. The van der Waals surface area contributed by atoms with Crippen LogP contribution < -0.4 is 5.56 Å². The summed E-state index contributed by atoms with van der Waals surface area (Å²) in [7, 11) is 3.87. The van der Waals surface area contributed by atoms with E-state index in [2.05, 4.69) is 29.7 Å². The van der Waals surface area contributed by atoms with Crippen LogP contribution in [0.5, 0.6) is 0 Å². The van der Waals surface area contributed by atoms with Crippen LogP contribution in [0, 0.1) is 6.92 Å². The smallest absolute Gasteiger partial charge is 0.259 e. The molecule has 0 unspecified atom stereocenters. The van der Waals surface area contributed by atoms with E-state index in [4.69, 9.17) is 0 Å². The van der Waals surface area contributed by atoms with Gasteiger partial charge >= 0.3 is 0 Å². The van der Waals surface area contributed by atoms with E-state index in [1.54, 1.807) is 15.9 Å². The Morgan fingerprint density at radius 1 is 1.00 bits per heavy atom. The Hall–Kier alpha value is -2.33. The Bertz CT molecular complexity index is 1070. The number of hydrogen-bond donors (Lipinski definition) is 0. The van der Waals surface area contributed by atoms with Crippen LogP contribution in [0.2, 0.25) is 0 Å². The number of nitrogens with zero attached hydrogens (tertiary/aromatic N) is 2. The molecule has 3 heterocycles. The zero-order valence-corrected chi connectivity index (χ0v) is 13.6. The lowest BCUT2D eigenvalue weighted by Crippen LogP contribution is -2.19. The van der Waals surface area contributed by atoms with Crippen LogP contribution in [-0.2, 0) is 14.1 Å². The van der Waals surface area contributed by atoms with Crippen molar-refractivity contribution in [3.05, 3.63) is 57.0 Å². The minimum absolute atomic E-state index is 0.0496. The standard InChI is InChI=1S/C18H16N2OS/c1-11-4-5-16-14(8-11)15-9-13(12-6-7-22-10-12)18(21)20(3)17(15)19(16)2/h4-10H,1-3H3. The highest BCUT2D eigenvalue weighted by atomic mass is 32.1. The third kappa shape index (κ3) is 1.70. The Morgan fingerprint density at radius 2 is 1.82 bits per heavy atom. The van der Waals surface area contributed by atoms with Crippen LogP contribution in [0.15, 0.2) is 45.9 Å². The topological polar surface area (TPSA) is 26.9 Å². The molecular weight excluding hydrogens is 292 g/mol. The average molecular weight is 308 g/mol. The molecule has 0 aliphatic heterocycles. The maximum absolute atomic E-state index is 12.7. The monoisotopic (exact) mass is 308 g/mol. The molecule has 0 radical (unpaired) electrons. The first-order valence-electron chi connectivity index (χ1n) is 7.19. The molecule has 3 aromatic heterocycles. The van der Waals surface area contributed by atoms with Crippen molar-refractivity contribution in [2.75, 3.05) is 0 Å². The maximum Gasteiger partial charge on any atom is 0.259 e. The summed E-state index contributed by atoms with van der Waals surface area (Å²) >= 11 is 1.61. The first-order valence-corrected chi connectivity index (χ1v) is 8.13. The average Bonchev–Trinajstić information content (AvgIpc) is 3.10. The quantitative estimate of drug-likeness (QED) is 0.521. The Labute approximate surface area is 132 Å². The van der Waals surface area contributed by atoms with Crippen LogP contribution in [0.4, 0.5) is 0 Å². The molecule has 0 aliphatic carbocycles. The summed E-state index contributed by atoms with van der Waals surface area (Å²) in [5, 5.41) is 6.36. The van der Waals surface area contributed by atoms with Gasteiger partial charge in [-0.15, -0.1) is 0 Å². The van der Waals surface area contributed by atoms with Gasteiger partial charge in [-0.05, 0) is 47.5 Å². The molecule has 0 spiro atoms. The van der Waals surface area contributed by atoms with Crippen molar-refractivity contribution in [3.63, 3.8) is 0 Å².